The first kappa shape index (κ1) is 39.7. The fourth-order valence-electron chi connectivity index (χ4n) is 6.74. The van der Waals surface area contributed by atoms with E-state index in [-0.39, 0.29) is 29.5 Å². The van der Waals surface area contributed by atoms with E-state index in [1.807, 2.05) is 55.5 Å². The van der Waals surface area contributed by atoms with E-state index < -0.39 is 24.3 Å². The molecular weight excluding hydrogens is 750 g/mol. The van der Waals surface area contributed by atoms with E-state index in [0.29, 0.717) is 46.9 Å². The first-order chi connectivity index (χ1) is 28.2. The molecular formula is C41H41N7O10. The first-order valence-corrected chi connectivity index (χ1v) is 18.8. The molecule has 0 amide bonds. The highest BCUT2D eigenvalue weighted by Crippen LogP contribution is 2.32. The average Bonchev–Trinajstić information content (AvgIpc) is 3.86. The van der Waals surface area contributed by atoms with Crippen molar-refractivity contribution in [3.63, 3.8) is 0 Å². The summed E-state index contributed by atoms with van der Waals surface area (Å²) in [5.41, 5.74) is 5.32. The van der Waals surface area contributed by atoms with Crippen molar-refractivity contribution in [2.45, 2.75) is 71.5 Å². The number of para-hydroxylation sites is 1. The van der Waals surface area contributed by atoms with Crippen LogP contribution in [0.5, 0.6) is 6.01 Å². The number of carbonyl (C=O) groups excluding carboxylic acids is 3. The Morgan fingerprint density at radius 2 is 1.59 bits per heavy atom. The standard InChI is InChI=1S/C41H41N7O10/c1-3-54-40-42-35-15-9-14-34(39(50)56-26(2)57-41(51)58-31-10-5-4-6-11-31)36(35)46(40)24-27-16-20-29(21-17-27)32-12-7-8-13-33(32)37-43-45-47(44-37)38(49)30-22-18-28(19-23-30)25-55-48(52)53/h7-9,12-23,26,31,52-53H,3-6,10-11,24-25H2,1-2H3. The number of benzene rings is 4. The highest BCUT2D eigenvalue weighted by molar-refractivity contribution is 6.02. The fourth-order valence-corrected chi connectivity index (χ4v) is 6.74. The molecule has 7 rings (SSSR count). The van der Waals surface area contributed by atoms with E-state index in [9.17, 15) is 14.4 Å². The van der Waals surface area contributed by atoms with Crippen LogP contribution in [-0.4, -0.2) is 82.6 Å². The van der Waals surface area contributed by atoms with Gasteiger partial charge >= 0.3 is 12.1 Å². The number of carbonyl (C=O) groups is 3. The average molecular weight is 792 g/mol. The van der Waals surface area contributed by atoms with Gasteiger partial charge in [-0.15, -0.1) is 10.2 Å². The summed E-state index contributed by atoms with van der Waals surface area (Å²) >= 11 is 0. The van der Waals surface area contributed by atoms with Gasteiger partial charge in [-0.1, -0.05) is 77.9 Å². The monoisotopic (exact) mass is 791 g/mol. The minimum atomic E-state index is -1.19. The second kappa shape index (κ2) is 18.2. The number of fused-ring (bicyclic) bond motifs is 1. The molecule has 0 spiro atoms. The lowest BCUT2D eigenvalue weighted by Gasteiger charge is -2.22. The Morgan fingerprint density at radius 1 is 0.862 bits per heavy atom. The van der Waals surface area contributed by atoms with E-state index >= 15 is 0 Å². The molecule has 2 aromatic heterocycles. The molecule has 300 valence electrons. The summed E-state index contributed by atoms with van der Waals surface area (Å²) < 4.78 is 23.9. The number of aromatic nitrogens is 6. The summed E-state index contributed by atoms with van der Waals surface area (Å²) in [5.74, 6) is -0.962. The summed E-state index contributed by atoms with van der Waals surface area (Å²) in [4.78, 5) is 49.3. The second-order valence-corrected chi connectivity index (χ2v) is 13.5. The number of rotatable bonds is 14. The lowest BCUT2D eigenvalue weighted by atomic mass is 9.98. The summed E-state index contributed by atoms with van der Waals surface area (Å²) in [5, 5.41) is 29.7. The van der Waals surface area contributed by atoms with Gasteiger partial charge in [0.05, 0.1) is 41.7 Å². The molecule has 0 radical (unpaired) electrons. The number of nitrogens with zero attached hydrogens (tertiary/aromatic N) is 7. The Labute approximate surface area is 332 Å². The van der Waals surface area contributed by atoms with Crippen LogP contribution in [0.2, 0.25) is 0 Å². The number of hydrogen-bond acceptors (Lipinski definition) is 15. The Kier molecular flexibility index (Phi) is 12.4. The molecule has 0 aliphatic heterocycles. The highest BCUT2D eigenvalue weighted by Gasteiger charge is 2.25. The van der Waals surface area contributed by atoms with Crippen LogP contribution in [-0.2, 0) is 32.2 Å². The molecule has 2 heterocycles. The maximum atomic E-state index is 13.5. The smallest absolute Gasteiger partial charge is 0.465 e. The van der Waals surface area contributed by atoms with Crippen molar-refractivity contribution < 1.29 is 48.6 Å². The molecule has 1 saturated carbocycles. The van der Waals surface area contributed by atoms with Crippen molar-refractivity contribution >= 4 is 29.1 Å². The third-order valence-electron chi connectivity index (χ3n) is 9.49. The van der Waals surface area contributed by atoms with Gasteiger partial charge in [-0.2, -0.15) is 4.98 Å². The topological polar surface area (TPSA) is 202 Å². The van der Waals surface area contributed by atoms with Crippen LogP contribution >= 0.6 is 0 Å². The van der Waals surface area contributed by atoms with Crippen molar-refractivity contribution in [1.29, 1.82) is 0 Å². The highest BCUT2D eigenvalue weighted by atomic mass is 17.1. The van der Waals surface area contributed by atoms with Crippen LogP contribution in [0.25, 0.3) is 33.5 Å². The van der Waals surface area contributed by atoms with Crippen LogP contribution < -0.4 is 4.74 Å². The van der Waals surface area contributed by atoms with E-state index in [1.165, 1.54) is 6.92 Å². The molecule has 1 unspecified atom stereocenters. The molecule has 1 atom stereocenters. The van der Waals surface area contributed by atoms with Gasteiger partial charge in [0, 0.05) is 18.1 Å². The van der Waals surface area contributed by atoms with Gasteiger partial charge in [0.1, 0.15) is 6.10 Å². The summed E-state index contributed by atoms with van der Waals surface area (Å²) in [7, 11) is 0. The van der Waals surface area contributed by atoms with Crippen LogP contribution in [0, 0.1) is 0 Å². The van der Waals surface area contributed by atoms with Crippen molar-refractivity contribution in [2.24, 2.45) is 0 Å². The van der Waals surface area contributed by atoms with Crippen molar-refractivity contribution in [2.75, 3.05) is 6.61 Å². The normalized spacial score (nSPS) is 13.7. The third kappa shape index (κ3) is 9.35. The number of imidazole rings is 1. The van der Waals surface area contributed by atoms with Crippen LogP contribution in [0.15, 0.2) is 91.0 Å². The second-order valence-electron chi connectivity index (χ2n) is 13.5. The number of esters is 1. The summed E-state index contributed by atoms with van der Waals surface area (Å²) in [6, 6.07) is 27.0. The minimum absolute atomic E-state index is 0.117. The molecule has 6 aromatic rings. The van der Waals surface area contributed by atoms with Gasteiger partial charge in [-0.25, -0.2) is 14.4 Å². The van der Waals surface area contributed by atoms with Crippen LogP contribution in [0.1, 0.15) is 77.8 Å². The number of ether oxygens (including phenoxy) is 4. The maximum Gasteiger partial charge on any atom is 0.511 e. The number of tetrazole rings is 1. The van der Waals surface area contributed by atoms with Gasteiger partial charge < -0.3 is 18.9 Å². The molecule has 17 nitrogen and oxygen atoms in total. The van der Waals surface area contributed by atoms with E-state index in [1.54, 1.807) is 47.0 Å². The van der Waals surface area contributed by atoms with Crippen molar-refractivity contribution in [1.82, 2.24) is 35.1 Å². The lowest BCUT2D eigenvalue weighted by molar-refractivity contribution is -0.497. The third-order valence-corrected chi connectivity index (χ3v) is 9.49. The minimum Gasteiger partial charge on any atom is -0.465 e. The van der Waals surface area contributed by atoms with Crippen LogP contribution in [0.4, 0.5) is 4.79 Å². The summed E-state index contributed by atoms with van der Waals surface area (Å²) in [6.45, 7) is 3.83. The Balaban J connectivity index is 1.07. The Hall–Kier alpha value is -6.53. The van der Waals surface area contributed by atoms with E-state index in [4.69, 9.17) is 29.4 Å². The maximum absolute atomic E-state index is 13.5. The Morgan fingerprint density at radius 3 is 2.31 bits per heavy atom. The Bertz CT molecular complexity index is 2370. The molecule has 4 aromatic carbocycles. The quantitative estimate of drug-likeness (QED) is 0.0648. The predicted octanol–water partition coefficient (Wildman–Crippen LogP) is 6.99. The zero-order chi connectivity index (χ0) is 40.6. The van der Waals surface area contributed by atoms with Gasteiger partial charge in [0.25, 0.3) is 11.9 Å². The first-order valence-electron chi connectivity index (χ1n) is 18.8. The molecule has 58 heavy (non-hydrogen) atoms. The molecule has 2 N–H and O–H groups in total. The van der Waals surface area contributed by atoms with Crippen LogP contribution in [0.3, 0.4) is 0 Å². The van der Waals surface area contributed by atoms with Gasteiger partial charge in [-0.3, -0.25) is 19.8 Å². The van der Waals surface area contributed by atoms with Gasteiger partial charge in [0.2, 0.25) is 12.1 Å². The van der Waals surface area contributed by atoms with Gasteiger partial charge in [-0.05, 0) is 84.3 Å². The molecule has 1 fully saturated rings. The zero-order valence-electron chi connectivity index (χ0n) is 31.8. The molecule has 17 heteroatoms. The lowest BCUT2D eigenvalue weighted by Crippen LogP contribution is -2.26. The zero-order valence-corrected chi connectivity index (χ0v) is 31.8. The van der Waals surface area contributed by atoms with E-state index in [2.05, 4.69) is 25.2 Å². The molecule has 0 saturated heterocycles. The van der Waals surface area contributed by atoms with Crippen molar-refractivity contribution in [3.8, 4) is 28.5 Å². The molecule has 0 bridgehead atoms. The number of hydrogen-bond donors (Lipinski definition) is 2. The summed E-state index contributed by atoms with van der Waals surface area (Å²) in [6.07, 6.45) is 2.42. The fraction of sp³-hybridized carbons (Fsp3) is 0.293. The SMILES string of the molecule is CCOc1nc2cccc(C(=O)OC(C)OC(=O)OC3CCCCC3)c2n1Cc1ccc(-c2ccccc2-c2nnn(C(=O)c3ccc(CON(O)O)cc3)n2)cc1. The van der Waals surface area contributed by atoms with Gasteiger partial charge in [0.15, 0.2) is 0 Å². The van der Waals surface area contributed by atoms with E-state index in [0.717, 1.165) is 53.6 Å². The molecule has 1 aliphatic carbocycles. The molecule has 1 aliphatic rings. The predicted molar refractivity (Wildman–Crippen MR) is 204 cm³/mol. The largest absolute Gasteiger partial charge is 0.511 e. The van der Waals surface area contributed by atoms with Crippen molar-refractivity contribution in [3.05, 3.63) is 113 Å².